The van der Waals surface area contributed by atoms with Crippen LogP contribution in [0.2, 0.25) is 0 Å². The van der Waals surface area contributed by atoms with Crippen LogP contribution in [-0.4, -0.2) is 105 Å². The van der Waals surface area contributed by atoms with Crippen molar-refractivity contribution in [2.24, 2.45) is 19.1 Å². The van der Waals surface area contributed by atoms with Crippen molar-refractivity contribution < 1.29 is 29.2 Å². The zero-order chi connectivity index (χ0) is 45.8. The lowest BCUT2D eigenvalue weighted by Crippen LogP contribution is -2.36. The standard InChI is InChI=1S/2C23H26N6O3/c1-23(2,30)14-29(16-8-17(31-4)10-18(9-16)32-5)21-7-6-19-22(27-21)26-20(12-24-19)15-11-25-28(3)13-15;1-23(2,30)14-29-21(26-16-8-17(31-4)10-18(9-16)32-5)7-6-19-22(29)27-20(12-24-19)15-11-25-28(3)13-15/h2*6-13,30H,14H2,1-5H3. The number of anilines is 2. The van der Waals surface area contributed by atoms with Gasteiger partial charge in [0.1, 0.15) is 45.3 Å². The van der Waals surface area contributed by atoms with E-state index in [0.29, 0.717) is 73.7 Å². The van der Waals surface area contributed by atoms with Crippen molar-refractivity contribution in [2.75, 3.05) is 39.9 Å². The maximum Gasteiger partial charge on any atom is 0.180 e. The Hall–Kier alpha value is -7.44. The van der Waals surface area contributed by atoms with E-state index < -0.39 is 11.2 Å². The molecular weight excluding hydrogens is 817 g/mol. The Morgan fingerprint density at radius 3 is 1.67 bits per heavy atom. The highest BCUT2D eigenvalue weighted by Crippen LogP contribution is 2.34. The minimum Gasteiger partial charge on any atom is -0.497 e. The van der Waals surface area contributed by atoms with Gasteiger partial charge >= 0.3 is 0 Å². The van der Waals surface area contributed by atoms with Crippen molar-refractivity contribution in [2.45, 2.75) is 45.4 Å². The number of benzene rings is 2. The molecule has 0 saturated carbocycles. The molecule has 0 fully saturated rings. The van der Waals surface area contributed by atoms with E-state index in [-0.39, 0.29) is 13.1 Å². The van der Waals surface area contributed by atoms with Crippen molar-refractivity contribution in [3.8, 4) is 45.5 Å². The van der Waals surface area contributed by atoms with E-state index >= 15 is 0 Å². The van der Waals surface area contributed by atoms with Crippen LogP contribution < -0.4 is 29.3 Å². The average molecular weight is 869 g/mol. The molecule has 0 unspecified atom stereocenters. The van der Waals surface area contributed by atoms with Gasteiger partial charge in [-0.2, -0.15) is 10.2 Å². The predicted octanol–water partition coefficient (Wildman–Crippen LogP) is 6.20. The lowest BCUT2D eigenvalue weighted by molar-refractivity contribution is 0.0614. The molecule has 6 aromatic heterocycles. The number of rotatable bonds is 13. The van der Waals surface area contributed by atoms with Gasteiger partial charge in [-0.3, -0.25) is 19.3 Å². The second-order valence-corrected chi connectivity index (χ2v) is 16.3. The van der Waals surface area contributed by atoms with Gasteiger partial charge in [0.25, 0.3) is 0 Å². The number of aliphatic hydroxyl groups is 2. The number of fused-ring (bicyclic) bond motifs is 2. The largest absolute Gasteiger partial charge is 0.497 e. The fraction of sp³-hybridized carbons (Fsp3) is 0.304. The summed E-state index contributed by atoms with van der Waals surface area (Å²) in [6, 6.07) is 18.4. The number of ether oxygens (including phenoxy) is 4. The van der Waals surface area contributed by atoms with Crippen LogP contribution in [0.15, 0.2) is 103 Å². The molecule has 0 aliphatic heterocycles. The molecule has 0 bridgehead atoms. The van der Waals surface area contributed by atoms with E-state index in [1.165, 1.54) is 0 Å². The van der Waals surface area contributed by atoms with Gasteiger partial charge in [-0.25, -0.2) is 19.9 Å². The first-order valence-electron chi connectivity index (χ1n) is 20.2. The molecule has 0 spiro atoms. The molecule has 8 aromatic rings. The number of methoxy groups -OCH3 is 4. The van der Waals surface area contributed by atoms with Crippen molar-refractivity contribution in [3.05, 3.63) is 103 Å². The Labute approximate surface area is 370 Å². The highest BCUT2D eigenvalue weighted by atomic mass is 16.5. The number of nitrogens with zero attached hydrogens (tertiary/aromatic N) is 12. The van der Waals surface area contributed by atoms with Crippen LogP contribution in [0.3, 0.4) is 0 Å². The lowest BCUT2D eigenvalue weighted by Gasteiger charge is -2.30. The molecule has 0 atom stereocenters. The Bertz CT molecular complexity index is 2940. The van der Waals surface area contributed by atoms with Crippen LogP contribution in [0, 0.1) is 0 Å². The van der Waals surface area contributed by atoms with Gasteiger partial charge in [-0.15, -0.1) is 0 Å². The number of hydrogen-bond acceptors (Lipinski definition) is 15. The van der Waals surface area contributed by atoms with Gasteiger partial charge < -0.3 is 38.6 Å². The van der Waals surface area contributed by atoms with Crippen LogP contribution in [-0.2, 0) is 20.6 Å². The van der Waals surface area contributed by atoms with Crippen molar-refractivity contribution in [3.63, 3.8) is 0 Å². The van der Waals surface area contributed by atoms with Crippen molar-refractivity contribution in [1.82, 2.24) is 49.0 Å². The Kier molecular flexibility index (Phi) is 12.9. The van der Waals surface area contributed by atoms with Crippen LogP contribution in [0.1, 0.15) is 27.7 Å². The quantitative estimate of drug-likeness (QED) is 0.133. The van der Waals surface area contributed by atoms with Gasteiger partial charge in [0.2, 0.25) is 0 Å². The summed E-state index contributed by atoms with van der Waals surface area (Å²) in [5.41, 5.74) is 5.64. The maximum absolute atomic E-state index is 10.6. The van der Waals surface area contributed by atoms with E-state index in [1.807, 2.05) is 84.5 Å². The number of aryl methyl sites for hydroxylation is 2. The average Bonchev–Trinajstić information content (AvgIpc) is 3.92. The molecule has 0 radical (unpaired) electrons. The first-order chi connectivity index (χ1) is 30.5. The summed E-state index contributed by atoms with van der Waals surface area (Å²) < 4.78 is 26.9. The second-order valence-electron chi connectivity index (χ2n) is 16.3. The summed E-state index contributed by atoms with van der Waals surface area (Å²) >= 11 is 0. The number of aromatic nitrogens is 10. The topological polar surface area (TPSA) is 198 Å². The zero-order valence-electron chi connectivity index (χ0n) is 37.5. The molecule has 64 heavy (non-hydrogen) atoms. The maximum atomic E-state index is 10.6. The van der Waals surface area contributed by atoms with E-state index in [4.69, 9.17) is 38.9 Å². The van der Waals surface area contributed by atoms with Crippen LogP contribution in [0.25, 0.3) is 44.8 Å². The first-order valence-corrected chi connectivity index (χ1v) is 20.2. The lowest BCUT2D eigenvalue weighted by atomic mass is 10.1. The molecule has 8 rings (SSSR count). The molecular formula is C46H52N12O6. The monoisotopic (exact) mass is 868 g/mol. The third kappa shape index (κ3) is 10.8. The second kappa shape index (κ2) is 18.5. The molecule has 18 heteroatoms. The first kappa shape index (κ1) is 44.6. The van der Waals surface area contributed by atoms with Crippen LogP contribution in [0.4, 0.5) is 17.2 Å². The molecule has 2 N–H and O–H groups in total. The van der Waals surface area contributed by atoms with Crippen LogP contribution in [0.5, 0.6) is 23.0 Å². The summed E-state index contributed by atoms with van der Waals surface area (Å²) in [6.07, 6.45) is 10.7. The Morgan fingerprint density at radius 2 is 1.16 bits per heavy atom. The number of pyridine rings is 2. The Balaban J connectivity index is 0.000000191. The summed E-state index contributed by atoms with van der Waals surface area (Å²) in [5.74, 6) is 3.17. The molecule has 0 aliphatic carbocycles. The van der Waals surface area contributed by atoms with Crippen molar-refractivity contribution in [1.29, 1.82) is 0 Å². The SMILES string of the molecule is COc1cc(N=c2ccc3ncc(-c4cnn(C)c4)nc3n2CC(C)(C)O)cc(OC)c1.COc1cc(OC)cc(N(CC(C)(C)O)c2ccc3ncc(-c4cnn(C)c4)nc3n2)c1. The molecule has 0 saturated heterocycles. The highest BCUT2D eigenvalue weighted by molar-refractivity contribution is 5.77. The summed E-state index contributed by atoms with van der Waals surface area (Å²) in [4.78, 5) is 30.1. The predicted molar refractivity (Wildman–Crippen MR) is 243 cm³/mol. The van der Waals surface area contributed by atoms with E-state index in [0.717, 1.165) is 16.8 Å². The summed E-state index contributed by atoms with van der Waals surface area (Å²) in [6.45, 7) is 7.55. The van der Waals surface area contributed by atoms with Gasteiger partial charge in [0.15, 0.2) is 11.3 Å². The Morgan fingerprint density at radius 1 is 0.625 bits per heavy atom. The highest BCUT2D eigenvalue weighted by Gasteiger charge is 2.23. The van der Waals surface area contributed by atoms with E-state index in [2.05, 4.69) is 20.2 Å². The fourth-order valence-electron chi connectivity index (χ4n) is 6.75. The minimum absolute atomic E-state index is 0.273. The molecule has 0 amide bonds. The zero-order valence-corrected chi connectivity index (χ0v) is 37.5. The fourth-order valence-corrected chi connectivity index (χ4v) is 6.75. The van der Waals surface area contributed by atoms with E-state index in [1.54, 1.807) is 102 Å². The third-order valence-corrected chi connectivity index (χ3v) is 9.69. The third-order valence-electron chi connectivity index (χ3n) is 9.69. The molecule has 6 heterocycles. The molecule has 2 aromatic carbocycles. The summed E-state index contributed by atoms with van der Waals surface area (Å²) in [5, 5.41) is 29.6. The minimum atomic E-state index is -0.999. The van der Waals surface area contributed by atoms with E-state index in [9.17, 15) is 10.2 Å². The van der Waals surface area contributed by atoms with Gasteiger partial charge in [-0.05, 0) is 52.0 Å². The van der Waals surface area contributed by atoms with Gasteiger partial charge in [0.05, 0.1) is 94.6 Å². The summed E-state index contributed by atoms with van der Waals surface area (Å²) in [7, 11) is 10.1. The normalized spacial score (nSPS) is 12.0. The smallest absolute Gasteiger partial charge is 0.180 e. The molecule has 0 aliphatic rings. The van der Waals surface area contributed by atoms with Gasteiger partial charge in [-0.1, -0.05) is 0 Å². The van der Waals surface area contributed by atoms with Crippen molar-refractivity contribution >= 4 is 39.5 Å². The van der Waals surface area contributed by atoms with Gasteiger partial charge in [0, 0.05) is 79.7 Å². The number of hydrogen-bond donors (Lipinski definition) is 2. The van der Waals surface area contributed by atoms with Crippen LogP contribution >= 0.6 is 0 Å². The molecule has 332 valence electrons. The molecule has 18 nitrogen and oxygen atoms in total.